The number of hydrogen-bond donors (Lipinski definition) is 2. The molecule has 1 atom stereocenters. The van der Waals surface area contributed by atoms with Gasteiger partial charge >= 0.3 is 5.97 Å². The lowest BCUT2D eigenvalue weighted by Gasteiger charge is -2.37. The zero-order valence-electron chi connectivity index (χ0n) is 15.1. The summed E-state index contributed by atoms with van der Waals surface area (Å²) in [5.41, 5.74) is 1.74. The maximum absolute atomic E-state index is 12.0. The Kier molecular flexibility index (Phi) is 6.09. The van der Waals surface area contributed by atoms with Crippen molar-refractivity contribution < 1.29 is 19.7 Å². The van der Waals surface area contributed by atoms with Crippen molar-refractivity contribution in [3.8, 4) is 11.5 Å². The van der Waals surface area contributed by atoms with Gasteiger partial charge in [0.1, 0.15) is 11.5 Å². The van der Waals surface area contributed by atoms with Crippen LogP contribution in [0.4, 0.5) is 0 Å². The number of carboxylic acids is 1. The van der Waals surface area contributed by atoms with Crippen molar-refractivity contribution in [1.29, 1.82) is 0 Å². The van der Waals surface area contributed by atoms with Crippen molar-refractivity contribution in [2.75, 3.05) is 0 Å². The number of phenolic OH excluding ortho intramolecular Hbond substituents is 1. The van der Waals surface area contributed by atoms with Crippen LogP contribution in [0.15, 0.2) is 50.6 Å². The minimum atomic E-state index is -1.33. The fourth-order valence-electron chi connectivity index (χ4n) is 3.59. The summed E-state index contributed by atoms with van der Waals surface area (Å²) in [6.45, 7) is 15.0. The van der Waals surface area contributed by atoms with E-state index in [-0.39, 0.29) is 12.2 Å². The smallest absolute Gasteiger partial charge is 0.348 e. The molecule has 0 aromatic heterocycles. The summed E-state index contributed by atoms with van der Waals surface area (Å²) in [5.74, 6) is -0.237. The Bertz CT molecular complexity index is 760. The van der Waals surface area contributed by atoms with Crippen molar-refractivity contribution >= 4 is 5.97 Å². The number of rotatable bonds is 9. The molecule has 0 bridgehead atoms. The summed E-state index contributed by atoms with van der Waals surface area (Å²) >= 11 is 0. The van der Waals surface area contributed by atoms with Gasteiger partial charge in [-0.2, -0.15) is 0 Å². The molecule has 2 N–H and O–H groups in total. The van der Waals surface area contributed by atoms with Gasteiger partial charge in [-0.15, -0.1) is 26.3 Å². The molecule has 26 heavy (non-hydrogen) atoms. The van der Waals surface area contributed by atoms with E-state index in [1.54, 1.807) is 24.3 Å². The van der Waals surface area contributed by atoms with Crippen LogP contribution in [-0.2, 0) is 30.5 Å². The number of aromatic hydroxyl groups is 1. The Hall–Kier alpha value is -2.75. The molecule has 0 radical (unpaired) electrons. The number of ether oxygens (including phenoxy) is 1. The predicted molar refractivity (Wildman–Crippen MR) is 104 cm³/mol. The molecule has 4 heteroatoms. The van der Waals surface area contributed by atoms with Crippen LogP contribution in [-0.4, -0.2) is 21.8 Å². The topological polar surface area (TPSA) is 66.8 Å². The number of carboxylic acid groups (broad SMARTS) is 1. The summed E-state index contributed by atoms with van der Waals surface area (Å²) in [6.07, 6.45) is 9.18. The van der Waals surface area contributed by atoms with E-state index in [9.17, 15) is 15.0 Å². The van der Waals surface area contributed by atoms with Gasteiger partial charge in [-0.25, -0.2) is 4.79 Å². The molecule has 1 aromatic rings. The second kappa shape index (κ2) is 8.09. The van der Waals surface area contributed by atoms with Gasteiger partial charge in [-0.1, -0.05) is 24.3 Å². The molecule has 4 nitrogen and oxygen atoms in total. The van der Waals surface area contributed by atoms with E-state index in [0.717, 1.165) is 16.7 Å². The maximum atomic E-state index is 12.0. The normalized spacial score (nSPS) is 18.3. The van der Waals surface area contributed by atoms with E-state index in [2.05, 4.69) is 26.3 Å². The summed E-state index contributed by atoms with van der Waals surface area (Å²) in [6, 6.07) is 0. The highest BCUT2D eigenvalue weighted by molar-refractivity contribution is 5.79. The van der Waals surface area contributed by atoms with Gasteiger partial charge < -0.3 is 14.9 Å². The molecule has 1 aliphatic rings. The van der Waals surface area contributed by atoms with Crippen molar-refractivity contribution in [1.82, 2.24) is 0 Å². The SMILES string of the molecule is C=CCc1c(O)c(CC=C)c2c(c1CC=C)OC(CC=C)(C(=O)O)CC2. The minimum Gasteiger partial charge on any atom is -0.507 e. The zero-order valence-corrected chi connectivity index (χ0v) is 15.1. The monoisotopic (exact) mass is 354 g/mol. The van der Waals surface area contributed by atoms with Crippen molar-refractivity contribution in [3.63, 3.8) is 0 Å². The van der Waals surface area contributed by atoms with Gasteiger partial charge in [0.15, 0.2) is 0 Å². The first-order chi connectivity index (χ1) is 12.5. The maximum Gasteiger partial charge on any atom is 0.348 e. The average Bonchev–Trinajstić information content (AvgIpc) is 2.61. The van der Waals surface area contributed by atoms with Gasteiger partial charge in [-0.05, 0) is 25.7 Å². The van der Waals surface area contributed by atoms with Crippen LogP contribution in [0.2, 0.25) is 0 Å². The van der Waals surface area contributed by atoms with Crippen molar-refractivity contribution in [2.24, 2.45) is 0 Å². The van der Waals surface area contributed by atoms with Gasteiger partial charge in [0, 0.05) is 35.1 Å². The summed E-state index contributed by atoms with van der Waals surface area (Å²) in [7, 11) is 0. The van der Waals surface area contributed by atoms with Crippen molar-refractivity contribution in [2.45, 2.75) is 44.1 Å². The number of benzene rings is 1. The van der Waals surface area contributed by atoms with Gasteiger partial charge in [-0.3, -0.25) is 0 Å². The summed E-state index contributed by atoms with van der Waals surface area (Å²) in [4.78, 5) is 12.0. The third-order valence-electron chi connectivity index (χ3n) is 4.83. The molecule has 0 amide bonds. The molecular formula is C22H26O4. The van der Waals surface area contributed by atoms with E-state index in [1.165, 1.54) is 0 Å². The molecule has 1 aliphatic heterocycles. The molecule has 1 unspecified atom stereocenters. The quantitative estimate of drug-likeness (QED) is 0.649. The van der Waals surface area contributed by atoms with Crippen LogP contribution >= 0.6 is 0 Å². The van der Waals surface area contributed by atoms with E-state index in [0.29, 0.717) is 43.4 Å². The Balaban J connectivity index is 2.77. The molecule has 1 aromatic carbocycles. The fourth-order valence-corrected chi connectivity index (χ4v) is 3.59. The molecule has 0 spiro atoms. The van der Waals surface area contributed by atoms with E-state index in [4.69, 9.17) is 4.74 Å². The zero-order chi connectivity index (χ0) is 19.3. The van der Waals surface area contributed by atoms with Crippen LogP contribution in [0.5, 0.6) is 11.5 Å². The molecule has 0 aliphatic carbocycles. The molecule has 0 fully saturated rings. The highest BCUT2D eigenvalue weighted by Gasteiger charge is 2.44. The first-order valence-corrected chi connectivity index (χ1v) is 8.70. The van der Waals surface area contributed by atoms with E-state index >= 15 is 0 Å². The first-order valence-electron chi connectivity index (χ1n) is 8.70. The highest BCUT2D eigenvalue weighted by Crippen LogP contribution is 2.46. The molecule has 0 saturated carbocycles. The van der Waals surface area contributed by atoms with Crippen molar-refractivity contribution in [3.05, 3.63) is 72.9 Å². The molecule has 0 saturated heterocycles. The summed E-state index contributed by atoms with van der Waals surface area (Å²) in [5, 5.41) is 20.6. The average molecular weight is 354 g/mol. The van der Waals surface area contributed by atoms with Gasteiger partial charge in [0.05, 0.1) is 0 Å². The number of fused-ring (bicyclic) bond motifs is 1. The fraction of sp³-hybridized carbons (Fsp3) is 0.318. The number of hydrogen-bond acceptors (Lipinski definition) is 3. The Morgan fingerprint density at radius 3 is 2.12 bits per heavy atom. The van der Waals surface area contributed by atoms with Gasteiger partial charge in [0.2, 0.25) is 5.60 Å². The lowest BCUT2D eigenvalue weighted by Crippen LogP contribution is -2.47. The minimum absolute atomic E-state index is 0.212. The number of allylic oxidation sites excluding steroid dienone is 3. The van der Waals surface area contributed by atoms with Crippen LogP contribution in [0.1, 0.15) is 35.1 Å². The summed E-state index contributed by atoms with van der Waals surface area (Å²) < 4.78 is 6.14. The van der Waals surface area contributed by atoms with E-state index in [1.807, 2.05) is 0 Å². The lowest BCUT2D eigenvalue weighted by molar-refractivity contribution is -0.156. The molecular weight excluding hydrogens is 328 g/mol. The Morgan fingerprint density at radius 2 is 1.58 bits per heavy atom. The van der Waals surface area contributed by atoms with Crippen LogP contribution in [0.25, 0.3) is 0 Å². The Labute approximate surface area is 154 Å². The highest BCUT2D eigenvalue weighted by atomic mass is 16.5. The number of phenols is 1. The lowest BCUT2D eigenvalue weighted by atomic mass is 9.82. The second-order valence-electron chi connectivity index (χ2n) is 6.46. The number of aliphatic carboxylic acids is 1. The Morgan fingerprint density at radius 1 is 1.00 bits per heavy atom. The standard InChI is InChI=1S/C22H26O4/c1-5-9-15-17(11-7-3)20-18(16(10-6-2)19(15)23)12-14-22(26-20,13-8-4)21(24)25/h5-8,23H,1-4,9-14H2,(H,24,25). The van der Waals surface area contributed by atoms with E-state index < -0.39 is 11.6 Å². The van der Waals surface area contributed by atoms with Crippen LogP contribution in [0.3, 0.4) is 0 Å². The molecule has 2 rings (SSSR count). The third kappa shape index (κ3) is 3.32. The molecule has 1 heterocycles. The largest absolute Gasteiger partial charge is 0.507 e. The van der Waals surface area contributed by atoms with Crippen LogP contribution in [0, 0.1) is 0 Å². The first kappa shape index (κ1) is 19.6. The second-order valence-corrected chi connectivity index (χ2v) is 6.46. The van der Waals surface area contributed by atoms with Crippen LogP contribution < -0.4 is 4.74 Å². The number of carbonyl (C=O) groups is 1. The van der Waals surface area contributed by atoms with Gasteiger partial charge in [0.25, 0.3) is 0 Å². The predicted octanol–water partition coefficient (Wildman–Crippen LogP) is 4.30. The third-order valence-corrected chi connectivity index (χ3v) is 4.83. The molecule has 138 valence electrons.